The number of hydrogen-bond acceptors (Lipinski definition) is 5. The molecule has 3 rings (SSSR count). The molecule has 0 aliphatic carbocycles. The summed E-state index contributed by atoms with van der Waals surface area (Å²) in [6.07, 6.45) is 5.22. The van der Waals surface area contributed by atoms with Gasteiger partial charge in [0, 0.05) is 12.4 Å². The summed E-state index contributed by atoms with van der Waals surface area (Å²) in [5.41, 5.74) is 2.58. The highest BCUT2D eigenvalue weighted by atomic mass is 16.7. The second-order valence-electron chi connectivity index (χ2n) is 6.64. The van der Waals surface area contributed by atoms with Gasteiger partial charge in [0.05, 0.1) is 28.7 Å². The van der Waals surface area contributed by atoms with E-state index in [1.165, 1.54) is 0 Å². The van der Waals surface area contributed by atoms with Gasteiger partial charge in [0.2, 0.25) is 0 Å². The van der Waals surface area contributed by atoms with Crippen molar-refractivity contribution in [3.05, 3.63) is 36.3 Å². The molecule has 6 heteroatoms. The molecule has 0 atom stereocenters. The largest absolute Gasteiger partial charge is 0.516 e. The molecule has 0 amide bonds. The second-order valence-corrected chi connectivity index (χ2v) is 6.64. The van der Waals surface area contributed by atoms with E-state index in [0.717, 1.165) is 17.0 Å². The number of aromatic nitrogens is 3. The van der Waals surface area contributed by atoms with E-state index in [9.17, 15) is 0 Å². The molecule has 22 heavy (non-hydrogen) atoms. The van der Waals surface area contributed by atoms with E-state index in [2.05, 4.69) is 15.0 Å². The smallest absolute Gasteiger partial charge is 0.398 e. The highest BCUT2D eigenvalue weighted by Crippen LogP contribution is 2.36. The topological polar surface area (TPSA) is 57.1 Å². The fourth-order valence-corrected chi connectivity index (χ4v) is 2.18. The van der Waals surface area contributed by atoms with Crippen LogP contribution in [0.3, 0.4) is 0 Å². The first-order chi connectivity index (χ1) is 10.3. The summed E-state index contributed by atoms with van der Waals surface area (Å²) < 4.78 is 11.9. The molecular weight excluding hydrogens is 277 g/mol. The molecule has 0 spiro atoms. The average Bonchev–Trinajstić information content (AvgIpc) is 2.68. The van der Waals surface area contributed by atoms with Crippen LogP contribution in [-0.4, -0.2) is 33.3 Å². The fourth-order valence-electron chi connectivity index (χ4n) is 2.18. The Labute approximate surface area is 131 Å². The lowest BCUT2D eigenvalue weighted by atomic mass is 9.85. The minimum Gasteiger partial charge on any atom is -0.398 e. The molecule has 3 heterocycles. The van der Waals surface area contributed by atoms with Crippen molar-refractivity contribution in [1.82, 2.24) is 15.0 Å². The molecule has 0 N–H and O–H groups in total. The third-order valence-electron chi connectivity index (χ3n) is 4.34. The summed E-state index contributed by atoms with van der Waals surface area (Å²) in [4.78, 5) is 13.2. The van der Waals surface area contributed by atoms with Crippen molar-refractivity contribution >= 4 is 12.7 Å². The molecule has 1 fully saturated rings. The summed E-state index contributed by atoms with van der Waals surface area (Å²) in [5, 5.41) is 0. The highest BCUT2D eigenvalue weighted by molar-refractivity contribution is 6.61. The van der Waals surface area contributed by atoms with E-state index in [4.69, 9.17) is 9.31 Å². The van der Waals surface area contributed by atoms with E-state index in [-0.39, 0.29) is 11.2 Å². The number of nitrogens with zero attached hydrogens (tertiary/aromatic N) is 3. The highest BCUT2D eigenvalue weighted by Gasteiger charge is 2.52. The van der Waals surface area contributed by atoms with E-state index in [1.807, 2.05) is 52.9 Å². The van der Waals surface area contributed by atoms with Gasteiger partial charge in [-0.3, -0.25) is 15.0 Å². The van der Waals surface area contributed by atoms with Gasteiger partial charge in [0.1, 0.15) is 5.69 Å². The van der Waals surface area contributed by atoms with Crippen LogP contribution in [0.15, 0.2) is 30.7 Å². The van der Waals surface area contributed by atoms with Gasteiger partial charge in [0.15, 0.2) is 0 Å². The van der Waals surface area contributed by atoms with Crippen molar-refractivity contribution in [2.75, 3.05) is 0 Å². The Morgan fingerprint density at radius 2 is 1.45 bits per heavy atom. The molecule has 0 saturated carbocycles. The summed E-state index contributed by atoms with van der Waals surface area (Å²) in [6.45, 7) is 10.1. The van der Waals surface area contributed by atoms with Crippen LogP contribution >= 0.6 is 0 Å². The molecule has 0 unspecified atom stereocenters. The standard InChI is InChI=1S/C16H20BN3O2/c1-11-6-7-12(18-8-11)13-9-20-14(10-19-13)17-21-15(2,3)16(4,5)22-17/h6-10H,1-5H3. The van der Waals surface area contributed by atoms with Gasteiger partial charge in [-0.1, -0.05) is 6.07 Å². The predicted molar refractivity (Wildman–Crippen MR) is 85.7 cm³/mol. The lowest BCUT2D eigenvalue weighted by molar-refractivity contribution is 0.00578. The van der Waals surface area contributed by atoms with Gasteiger partial charge in [-0.15, -0.1) is 0 Å². The normalized spacial score (nSPS) is 19.4. The Bertz CT molecular complexity index is 653. The number of hydrogen-bond donors (Lipinski definition) is 0. The first-order valence-corrected chi connectivity index (χ1v) is 7.39. The molecule has 1 aliphatic heterocycles. The summed E-state index contributed by atoms with van der Waals surface area (Å²) in [7, 11) is -0.488. The van der Waals surface area contributed by atoms with Gasteiger partial charge in [-0.2, -0.15) is 0 Å². The van der Waals surface area contributed by atoms with Gasteiger partial charge >= 0.3 is 7.12 Å². The van der Waals surface area contributed by atoms with Crippen LogP contribution in [-0.2, 0) is 9.31 Å². The second kappa shape index (κ2) is 5.14. The van der Waals surface area contributed by atoms with Crippen molar-refractivity contribution in [3.8, 4) is 11.4 Å². The minimum absolute atomic E-state index is 0.378. The molecule has 114 valence electrons. The quantitative estimate of drug-likeness (QED) is 0.795. The number of aryl methyl sites for hydroxylation is 1. The van der Waals surface area contributed by atoms with Crippen LogP contribution in [0, 0.1) is 6.92 Å². The zero-order valence-electron chi connectivity index (χ0n) is 13.6. The van der Waals surface area contributed by atoms with Gasteiger partial charge in [-0.05, 0) is 46.2 Å². The third kappa shape index (κ3) is 2.64. The molecule has 2 aromatic heterocycles. The van der Waals surface area contributed by atoms with Crippen molar-refractivity contribution in [3.63, 3.8) is 0 Å². The maximum absolute atomic E-state index is 5.97. The Balaban J connectivity index is 1.82. The third-order valence-corrected chi connectivity index (χ3v) is 4.34. The molecule has 5 nitrogen and oxygen atoms in total. The van der Waals surface area contributed by atoms with E-state index in [0.29, 0.717) is 5.59 Å². The van der Waals surface area contributed by atoms with Crippen molar-refractivity contribution in [2.45, 2.75) is 45.8 Å². The van der Waals surface area contributed by atoms with Crippen LogP contribution in [0.4, 0.5) is 0 Å². The van der Waals surface area contributed by atoms with Crippen LogP contribution in [0.1, 0.15) is 33.3 Å². The van der Waals surface area contributed by atoms with Crippen LogP contribution in [0.2, 0.25) is 0 Å². The molecular formula is C16H20BN3O2. The Morgan fingerprint density at radius 1 is 0.818 bits per heavy atom. The van der Waals surface area contributed by atoms with Crippen LogP contribution in [0.5, 0.6) is 0 Å². The van der Waals surface area contributed by atoms with Crippen LogP contribution in [0.25, 0.3) is 11.4 Å². The summed E-state index contributed by atoms with van der Waals surface area (Å²) in [6, 6.07) is 3.94. The zero-order chi connectivity index (χ0) is 16.0. The lowest BCUT2D eigenvalue weighted by Gasteiger charge is -2.32. The van der Waals surface area contributed by atoms with Crippen molar-refractivity contribution in [2.24, 2.45) is 0 Å². The first-order valence-electron chi connectivity index (χ1n) is 7.39. The van der Waals surface area contributed by atoms with Gasteiger partial charge in [-0.25, -0.2) is 0 Å². The molecule has 0 aromatic carbocycles. The summed E-state index contributed by atoms with van der Waals surface area (Å²) >= 11 is 0. The van der Waals surface area contributed by atoms with Gasteiger partial charge in [0.25, 0.3) is 0 Å². The first kappa shape index (κ1) is 15.1. The monoisotopic (exact) mass is 297 g/mol. The molecule has 1 aliphatic rings. The predicted octanol–water partition coefficient (Wildman–Crippen LogP) is 2.15. The van der Waals surface area contributed by atoms with E-state index < -0.39 is 7.12 Å². The van der Waals surface area contributed by atoms with Crippen molar-refractivity contribution in [1.29, 1.82) is 0 Å². The zero-order valence-corrected chi connectivity index (χ0v) is 13.6. The van der Waals surface area contributed by atoms with Crippen LogP contribution < -0.4 is 5.59 Å². The van der Waals surface area contributed by atoms with Gasteiger partial charge < -0.3 is 9.31 Å². The Morgan fingerprint density at radius 3 is 1.95 bits per heavy atom. The molecule has 1 saturated heterocycles. The number of rotatable bonds is 2. The minimum atomic E-state index is -0.488. The van der Waals surface area contributed by atoms with E-state index in [1.54, 1.807) is 12.4 Å². The molecule has 2 aromatic rings. The Kier molecular flexibility index (Phi) is 3.53. The fraction of sp³-hybridized carbons (Fsp3) is 0.438. The molecule has 0 bridgehead atoms. The Hall–Kier alpha value is -1.79. The van der Waals surface area contributed by atoms with Crippen molar-refractivity contribution < 1.29 is 9.31 Å². The lowest BCUT2D eigenvalue weighted by Crippen LogP contribution is -2.41. The maximum Gasteiger partial charge on any atom is 0.516 e. The maximum atomic E-state index is 5.97. The average molecular weight is 297 g/mol. The van der Waals surface area contributed by atoms with E-state index >= 15 is 0 Å². The summed E-state index contributed by atoms with van der Waals surface area (Å²) in [5.74, 6) is 0. The number of pyridine rings is 1. The SMILES string of the molecule is Cc1ccc(-c2cnc(B3OC(C)(C)C(C)(C)O3)cn2)nc1. The molecule has 0 radical (unpaired) electrons.